The van der Waals surface area contributed by atoms with Crippen molar-refractivity contribution in [1.29, 1.82) is 0 Å². The van der Waals surface area contributed by atoms with Crippen LogP contribution in [0.5, 0.6) is 5.75 Å². The number of anilines is 1. The van der Waals surface area contributed by atoms with Gasteiger partial charge in [0.25, 0.3) is 0 Å². The lowest BCUT2D eigenvalue weighted by Crippen LogP contribution is -2.44. The van der Waals surface area contributed by atoms with Crippen molar-refractivity contribution in [3.63, 3.8) is 0 Å². The molecule has 0 amide bonds. The highest BCUT2D eigenvalue weighted by atomic mass is 16.5. The van der Waals surface area contributed by atoms with Crippen LogP contribution in [0.3, 0.4) is 0 Å². The van der Waals surface area contributed by atoms with Crippen LogP contribution in [-0.2, 0) is 11.8 Å². The molecule has 1 aliphatic rings. The number of nitrogens with two attached hydrogens (primary N) is 1. The molecule has 20 heavy (non-hydrogen) atoms. The van der Waals surface area contributed by atoms with Gasteiger partial charge in [-0.05, 0) is 24.3 Å². The van der Waals surface area contributed by atoms with Crippen LogP contribution < -0.4 is 10.5 Å². The molecule has 0 atom stereocenters. The van der Waals surface area contributed by atoms with E-state index in [1.165, 1.54) is 0 Å². The number of ether oxygens (including phenoxy) is 2. The van der Waals surface area contributed by atoms with Gasteiger partial charge in [0, 0.05) is 24.1 Å². The third-order valence-electron chi connectivity index (χ3n) is 3.55. The highest BCUT2D eigenvalue weighted by molar-refractivity contribution is 5.63. The highest BCUT2D eigenvalue weighted by Gasteiger charge is 2.34. The number of benzene rings is 1. The Balaban J connectivity index is 1.68. The molecule has 3 rings (SSSR count). The normalized spacial score (nSPS) is 16.7. The van der Waals surface area contributed by atoms with E-state index in [4.69, 9.17) is 15.2 Å². The fourth-order valence-electron chi connectivity index (χ4n) is 2.14. The van der Waals surface area contributed by atoms with Crippen LogP contribution in [-0.4, -0.2) is 29.6 Å². The average molecular weight is 273 g/mol. The second kappa shape index (κ2) is 4.83. The van der Waals surface area contributed by atoms with E-state index >= 15 is 0 Å². The summed E-state index contributed by atoms with van der Waals surface area (Å²) in [5.74, 6) is 1.52. The zero-order chi connectivity index (χ0) is 14.2. The molecular weight excluding hydrogens is 254 g/mol. The maximum Gasteiger partial charge on any atom is 0.121 e. The fraction of sp³-hybridized carbons (Fsp3) is 0.400. The van der Waals surface area contributed by atoms with Gasteiger partial charge in [-0.3, -0.25) is 4.68 Å². The van der Waals surface area contributed by atoms with Crippen molar-refractivity contribution >= 4 is 5.82 Å². The van der Waals surface area contributed by atoms with Gasteiger partial charge in [-0.15, -0.1) is 0 Å². The molecule has 0 saturated carbocycles. The van der Waals surface area contributed by atoms with Gasteiger partial charge >= 0.3 is 0 Å². The van der Waals surface area contributed by atoms with Crippen molar-refractivity contribution in [3.05, 3.63) is 30.3 Å². The highest BCUT2D eigenvalue weighted by Crippen LogP contribution is 2.28. The average Bonchev–Trinajstić information content (AvgIpc) is 2.75. The number of aryl methyl sites for hydroxylation is 1. The second-order valence-corrected chi connectivity index (χ2v) is 5.69. The molecule has 1 aliphatic heterocycles. The predicted octanol–water partition coefficient (Wildman–Crippen LogP) is 2.08. The summed E-state index contributed by atoms with van der Waals surface area (Å²) in [5, 5.41) is 4.35. The summed E-state index contributed by atoms with van der Waals surface area (Å²) >= 11 is 0. The van der Waals surface area contributed by atoms with Crippen LogP contribution >= 0.6 is 0 Å². The van der Waals surface area contributed by atoms with Crippen LogP contribution in [0.4, 0.5) is 5.82 Å². The number of rotatable bonds is 4. The molecular formula is C15H19N3O2. The summed E-state index contributed by atoms with van der Waals surface area (Å²) in [6.07, 6.45) is 0. The Bertz CT molecular complexity index is 581. The Labute approximate surface area is 118 Å². The van der Waals surface area contributed by atoms with E-state index in [1.54, 1.807) is 4.68 Å². The van der Waals surface area contributed by atoms with Crippen LogP contribution in [0.2, 0.25) is 0 Å². The summed E-state index contributed by atoms with van der Waals surface area (Å²) in [6, 6.07) is 9.78. The van der Waals surface area contributed by atoms with Gasteiger partial charge in [-0.25, -0.2) is 0 Å². The maximum atomic E-state index is 5.80. The standard InChI is InChI=1S/C15H19N3O2/c1-15(8-19-9-15)10-20-12-5-3-11(4-6-12)13-7-14(16)18(2)17-13/h3-7H,8-10,16H2,1-2H3. The molecule has 2 aromatic rings. The van der Waals surface area contributed by atoms with Crippen LogP contribution in [0, 0.1) is 5.41 Å². The first-order chi connectivity index (χ1) is 9.56. The SMILES string of the molecule is Cn1nc(-c2ccc(OCC3(C)COC3)cc2)cc1N. The van der Waals surface area contributed by atoms with Crippen molar-refractivity contribution in [3.8, 4) is 17.0 Å². The Hall–Kier alpha value is -2.01. The summed E-state index contributed by atoms with van der Waals surface area (Å²) < 4.78 is 12.7. The summed E-state index contributed by atoms with van der Waals surface area (Å²) in [7, 11) is 1.83. The number of hydrogen-bond acceptors (Lipinski definition) is 4. The smallest absolute Gasteiger partial charge is 0.121 e. The van der Waals surface area contributed by atoms with E-state index in [0.717, 1.165) is 30.2 Å². The molecule has 0 radical (unpaired) electrons. The van der Waals surface area contributed by atoms with Gasteiger partial charge in [0.05, 0.1) is 25.5 Å². The Morgan fingerprint density at radius 3 is 2.55 bits per heavy atom. The molecule has 0 aliphatic carbocycles. The molecule has 5 heteroatoms. The number of nitrogen functional groups attached to an aromatic ring is 1. The second-order valence-electron chi connectivity index (χ2n) is 5.69. The van der Waals surface area contributed by atoms with E-state index in [9.17, 15) is 0 Å². The van der Waals surface area contributed by atoms with Gasteiger partial charge in [0.1, 0.15) is 11.6 Å². The molecule has 0 bridgehead atoms. The Morgan fingerprint density at radius 2 is 2.05 bits per heavy atom. The van der Waals surface area contributed by atoms with E-state index in [1.807, 2.05) is 37.4 Å². The Kier molecular flexibility index (Phi) is 3.14. The van der Waals surface area contributed by atoms with Crippen LogP contribution in [0.15, 0.2) is 30.3 Å². The minimum Gasteiger partial charge on any atom is -0.493 e. The van der Waals surface area contributed by atoms with Crippen molar-refractivity contribution in [2.75, 3.05) is 25.6 Å². The lowest BCUT2D eigenvalue weighted by molar-refractivity contribution is -0.120. The van der Waals surface area contributed by atoms with Gasteiger partial charge in [-0.1, -0.05) is 6.92 Å². The zero-order valence-corrected chi connectivity index (χ0v) is 11.8. The van der Waals surface area contributed by atoms with E-state index < -0.39 is 0 Å². The van der Waals surface area contributed by atoms with Crippen LogP contribution in [0.25, 0.3) is 11.3 Å². The van der Waals surface area contributed by atoms with Crippen molar-refractivity contribution in [1.82, 2.24) is 9.78 Å². The first-order valence-corrected chi connectivity index (χ1v) is 6.66. The molecule has 1 aromatic heterocycles. The van der Waals surface area contributed by atoms with Gasteiger partial charge in [-0.2, -0.15) is 5.10 Å². The van der Waals surface area contributed by atoms with Gasteiger partial charge in [0.2, 0.25) is 0 Å². The quantitative estimate of drug-likeness (QED) is 0.926. The minimum absolute atomic E-state index is 0.161. The van der Waals surface area contributed by atoms with E-state index in [0.29, 0.717) is 12.4 Å². The molecule has 5 nitrogen and oxygen atoms in total. The van der Waals surface area contributed by atoms with Crippen molar-refractivity contribution in [2.24, 2.45) is 12.5 Å². The lowest BCUT2D eigenvalue weighted by Gasteiger charge is -2.37. The monoisotopic (exact) mass is 273 g/mol. The molecule has 2 N–H and O–H groups in total. The van der Waals surface area contributed by atoms with Crippen molar-refractivity contribution in [2.45, 2.75) is 6.92 Å². The molecule has 1 saturated heterocycles. The topological polar surface area (TPSA) is 62.3 Å². The lowest BCUT2D eigenvalue weighted by atomic mass is 9.90. The number of hydrogen-bond donors (Lipinski definition) is 1. The first-order valence-electron chi connectivity index (χ1n) is 6.66. The summed E-state index contributed by atoms with van der Waals surface area (Å²) in [6.45, 7) is 4.40. The molecule has 1 aromatic carbocycles. The van der Waals surface area contributed by atoms with Gasteiger partial charge in [0.15, 0.2) is 0 Å². The molecule has 0 spiro atoms. The third-order valence-corrected chi connectivity index (χ3v) is 3.55. The summed E-state index contributed by atoms with van der Waals surface area (Å²) in [4.78, 5) is 0. The number of aromatic nitrogens is 2. The first kappa shape index (κ1) is 13.0. The minimum atomic E-state index is 0.161. The number of nitrogens with zero attached hydrogens (tertiary/aromatic N) is 2. The molecule has 1 fully saturated rings. The fourth-order valence-corrected chi connectivity index (χ4v) is 2.14. The molecule has 106 valence electrons. The largest absolute Gasteiger partial charge is 0.493 e. The van der Waals surface area contributed by atoms with Crippen LogP contribution in [0.1, 0.15) is 6.92 Å². The molecule has 0 unspecified atom stereocenters. The van der Waals surface area contributed by atoms with Crippen molar-refractivity contribution < 1.29 is 9.47 Å². The third kappa shape index (κ3) is 2.49. The Morgan fingerprint density at radius 1 is 1.35 bits per heavy atom. The zero-order valence-electron chi connectivity index (χ0n) is 11.8. The maximum absolute atomic E-state index is 5.80. The molecule has 2 heterocycles. The van der Waals surface area contributed by atoms with E-state index in [2.05, 4.69) is 12.0 Å². The predicted molar refractivity (Wildman–Crippen MR) is 77.5 cm³/mol. The van der Waals surface area contributed by atoms with E-state index in [-0.39, 0.29) is 5.41 Å². The van der Waals surface area contributed by atoms with Gasteiger partial charge < -0.3 is 15.2 Å². The summed E-state index contributed by atoms with van der Waals surface area (Å²) in [5.41, 5.74) is 7.85.